The minimum absolute atomic E-state index is 0.232. The van der Waals surface area contributed by atoms with Crippen molar-refractivity contribution in [2.45, 2.75) is 39.8 Å². The van der Waals surface area contributed by atoms with E-state index in [0.717, 1.165) is 24.0 Å². The molecule has 11 heteroatoms. The molecule has 4 aromatic carbocycles. The van der Waals surface area contributed by atoms with Gasteiger partial charge in [-0.3, -0.25) is 4.79 Å². The Morgan fingerprint density at radius 1 is 0.484 bits per heavy atom. The van der Waals surface area contributed by atoms with Gasteiger partial charge in [-0.05, 0) is 60.1 Å². The maximum absolute atomic E-state index is 16.8. The highest BCUT2D eigenvalue weighted by Crippen LogP contribution is 2.50. The predicted octanol–water partition coefficient (Wildman–Crippen LogP) is 9.91. The minimum atomic E-state index is -0.232. The summed E-state index contributed by atoms with van der Waals surface area (Å²) >= 11 is 0. The van der Waals surface area contributed by atoms with Gasteiger partial charge in [-0.2, -0.15) is 9.97 Å². The Hall–Kier alpha value is -7.53. The number of ketones is 1. The molecular weight excluding hydrogens is 801 g/mol. The first-order valence-corrected chi connectivity index (χ1v) is 21.5. The highest BCUT2D eigenvalue weighted by Gasteiger charge is 2.36. The number of benzene rings is 4. The normalized spacial score (nSPS) is 13.4. The number of ether oxygens (including phenoxy) is 4. The third-order valence-corrected chi connectivity index (χ3v) is 12.8. The standard InChI is InChI=1S/C53H48N6O5/c1-31-39(41-45(58-27-25-33-17-13-15-23-37(33)29-58)48(61-3)52(63-5)56-50(41)54-43(31)35-19-9-7-10-20-35)47(60)40-32(2)44(36-21-11-8-12-22-36)55-51-42(40)46(49(62-4)53(57-51)64-6)59-28-26-34-18-14-16-24-38(34)30-59/h7-24H,25-30H2,1-6H3. The van der Waals surface area contributed by atoms with Crippen LogP contribution in [0.3, 0.4) is 0 Å². The zero-order valence-corrected chi connectivity index (χ0v) is 36.9. The molecule has 0 saturated carbocycles. The number of carbonyl (C=O) groups is 1. The van der Waals surface area contributed by atoms with Gasteiger partial charge in [0.25, 0.3) is 11.8 Å². The van der Waals surface area contributed by atoms with Crippen LogP contribution in [-0.4, -0.2) is 67.2 Å². The molecule has 0 unspecified atom stereocenters. The Kier molecular flexibility index (Phi) is 10.5. The van der Waals surface area contributed by atoms with Crippen LogP contribution in [0.4, 0.5) is 11.4 Å². The topological polar surface area (TPSA) is 112 Å². The third kappa shape index (κ3) is 6.70. The Morgan fingerprint density at radius 2 is 0.859 bits per heavy atom. The van der Waals surface area contributed by atoms with Gasteiger partial charge in [0, 0.05) is 48.4 Å². The molecule has 0 amide bonds. The van der Waals surface area contributed by atoms with Gasteiger partial charge in [0.15, 0.2) is 17.1 Å². The lowest BCUT2D eigenvalue weighted by molar-refractivity contribution is 0.104. The summed E-state index contributed by atoms with van der Waals surface area (Å²) in [4.78, 5) is 41.9. The van der Waals surface area contributed by atoms with Crippen molar-refractivity contribution < 1.29 is 23.7 Å². The van der Waals surface area contributed by atoms with Gasteiger partial charge in [0.2, 0.25) is 11.5 Å². The first kappa shape index (κ1) is 40.5. The molecule has 0 spiro atoms. The van der Waals surface area contributed by atoms with E-state index in [0.29, 0.717) is 105 Å². The van der Waals surface area contributed by atoms with Gasteiger partial charge in [0.1, 0.15) is 0 Å². The van der Waals surface area contributed by atoms with Crippen LogP contribution in [0.15, 0.2) is 109 Å². The van der Waals surface area contributed by atoms with Crippen LogP contribution in [0.2, 0.25) is 0 Å². The van der Waals surface area contributed by atoms with Crippen molar-refractivity contribution in [2.24, 2.45) is 0 Å². The van der Waals surface area contributed by atoms with Crippen molar-refractivity contribution in [3.05, 3.63) is 154 Å². The van der Waals surface area contributed by atoms with E-state index >= 15 is 4.79 Å². The monoisotopic (exact) mass is 848 g/mol. The van der Waals surface area contributed by atoms with E-state index in [2.05, 4.69) is 58.3 Å². The Bertz CT molecular complexity index is 2910. The van der Waals surface area contributed by atoms with Gasteiger partial charge < -0.3 is 28.7 Å². The maximum Gasteiger partial charge on any atom is 0.261 e. The zero-order chi connectivity index (χ0) is 44.1. The molecule has 64 heavy (non-hydrogen) atoms. The molecule has 2 aliphatic heterocycles. The fourth-order valence-corrected chi connectivity index (χ4v) is 9.73. The Morgan fingerprint density at radius 3 is 1.23 bits per heavy atom. The van der Waals surface area contributed by atoms with Gasteiger partial charge in [-0.1, -0.05) is 109 Å². The number of anilines is 2. The molecule has 0 atom stereocenters. The van der Waals surface area contributed by atoms with Crippen LogP contribution in [-0.2, 0) is 25.9 Å². The summed E-state index contributed by atoms with van der Waals surface area (Å²) in [6.07, 6.45) is 1.60. The molecule has 0 saturated heterocycles. The maximum atomic E-state index is 16.8. The predicted molar refractivity (Wildman–Crippen MR) is 251 cm³/mol. The molecular formula is C53H48N6O5. The second-order valence-corrected chi connectivity index (χ2v) is 16.3. The van der Waals surface area contributed by atoms with E-state index in [-0.39, 0.29) is 17.5 Å². The SMILES string of the molecule is COc1nc2nc(-c3ccccc3)c(C)c(C(=O)c3c(C)c(-c4ccccc4)nc4nc(OC)c(OC)c(N5CCc6ccccc6C5)c34)c2c(N2CCc3ccccc3C2)c1OC. The van der Waals surface area contributed by atoms with E-state index in [4.69, 9.17) is 38.9 Å². The van der Waals surface area contributed by atoms with Crippen LogP contribution in [0.5, 0.6) is 23.3 Å². The van der Waals surface area contributed by atoms with Crippen molar-refractivity contribution in [1.82, 2.24) is 19.9 Å². The number of pyridine rings is 4. The van der Waals surface area contributed by atoms with E-state index < -0.39 is 0 Å². The molecule has 320 valence electrons. The largest absolute Gasteiger partial charge is 0.490 e. The number of nitrogens with zero attached hydrogens (tertiary/aromatic N) is 6. The molecule has 2 aliphatic rings. The summed E-state index contributed by atoms with van der Waals surface area (Å²) < 4.78 is 24.4. The summed E-state index contributed by atoms with van der Waals surface area (Å²) in [5.41, 5.74) is 12.4. The van der Waals surface area contributed by atoms with E-state index in [1.165, 1.54) is 22.3 Å². The van der Waals surface area contributed by atoms with Gasteiger partial charge in [0.05, 0.1) is 62.0 Å². The first-order chi connectivity index (χ1) is 31.3. The number of fused-ring (bicyclic) bond motifs is 4. The highest BCUT2D eigenvalue weighted by atomic mass is 16.5. The fourth-order valence-electron chi connectivity index (χ4n) is 9.73. The number of aromatic nitrogens is 4. The lowest BCUT2D eigenvalue weighted by atomic mass is 9.87. The van der Waals surface area contributed by atoms with Crippen LogP contribution >= 0.6 is 0 Å². The summed E-state index contributed by atoms with van der Waals surface area (Å²) in [5, 5.41) is 1.15. The number of hydrogen-bond acceptors (Lipinski definition) is 11. The smallest absolute Gasteiger partial charge is 0.261 e. The summed E-state index contributed by atoms with van der Waals surface area (Å²) in [6.45, 7) is 6.46. The zero-order valence-electron chi connectivity index (χ0n) is 36.9. The summed E-state index contributed by atoms with van der Waals surface area (Å²) in [6, 6.07) is 36.8. The number of rotatable bonds is 10. The summed E-state index contributed by atoms with van der Waals surface area (Å²) in [7, 11) is 6.40. The Balaban J connectivity index is 1.34. The average molecular weight is 849 g/mol. The molecule has 6 heterocycles. The first-order valence-electron chi connectivity index (χ1n) is 21.5. The average Bonchev–Trinajstić information content (AvgIpc) is 3.34. The fraction of sp³-hybridized carbons (Fsp3) is 0.226. The van der Waals surface area contributed by atoms with Crippen LogP contribution in [0.1, 0.15) is 49.3 Å². The van der Waals surface area contributed by atoms with E-state index in [1.807, 2.05) is 74.5 Å². The van der Waals surface area contributed by atoms with Crippen LogP contribution in [0, 0.1) is 13.8 Å². The van der Waals surface area contributed by atoms with Gasteiger partial charge in [-0.15, -0.1) is 0 Å². The quantitative estimate of drug-likeness (QED) is 0.123. The molecule has 0 aliphatic carbocycles. The molecule has 8 aromatic rings. The lowest BCUT2D eigenvalue weighted by Gasteiger charge is -2.34. The summed E-state index contributed by atoms with van der Waals surface area (Å²) in [5.74, 6) is 1.19. The van der Waals surface area contributed by atoms with Crippen molar-refractivity contribution in [3.63, 3.8) is 0 Å². The van der Waals surface area contributed by atoms with Crippen molar-refractivity contribution in [3.8, 4) is 45.8 Å². The molecule has 4 aromatic heterocycles. The van der Waals surface area contributed by atoms with Crippen LogP contribution in [0.25, 0.3) is 44.6 Å². The number of hydrogen-bond donors (Lipinski definition) is 0. The second kappa shape index (κ2) is 16.6. The molecule has 0 fully saturated rings. The van der Waals surface area contributed by atoms with Crippen molar-refractivity contribution in [2.75, 3.05) is 51.3 Å². The molecule has 10 rings (SSSR count). The second-order valence-electron chi connectivity index (χ2n) is 16.3. The highest BCUT2D eigenvalue weighted by molar-refractivity contribution is 6.26. The molecule has 0 bridgehead atoms. The van der Waals surface area contributed by atoms with Crippen molar-refractivity contribution >= 4 is 39.2 Å². The van der Waals surface area contributed by atoms with E-state index in [1.54, 1.807) is 28.4 Å². The third-order valence-electron chi connectivity index (χ3n) is 12.8. The molecule has 0 N–H and O–H groups in total. The molecule has 11 nitrogen and oxygen atoms in total. The minimum Gasteiger partial charge on any atom is -0.490 e. The van der Waals surface area contributed by atoms with Crippen molar-refractivity contribution in [1.29, 1.82) is 0 Å². The van der Waals surface area contributed by atoms with Crippen LogP contribution < -0.4 is 28.7 Å². The van der Waals surface area contributed by atoms with Gasteiger partial charge >= 0.3 is 0 Å². The number of methoxy groups -OCH3 is 4. The number of carbonyl (C=O) groups excluding carboxylic acids is 1. The van der Waals surface area contributed by atoms with Gasteiger partial charge in [-0.25, -0.2) is 9.97 Å². The lowest BCUT2D eigenvalue weighted by Crippen LogP contribution is -2.32. The Labute approximate surface area is 372 Å². The van der Waals surface area contributed by atoms with E-state index in [9.17, 15) is 0 Å². The molecule has 0 radical (unpaired) electrons.